The van der Waals surface area contributed by atoms with Crippen LogP contribution < -0.4 is 0 Å². The molecule has 2 rings (SSSR count). The van der Waals surface area contributed by atoms with Crippen molar-refractivity contribution >= 4 is 0 Å². The molecule has 2 heteroatoms. The molecule has 0 aliphatic heterocycles. The van der Waals surface area contributed by atoms with Crippen molar-refractivity contribution in [2.75, 3.05) is 7.05 Å². The van der Waals surface area contributed by atoms with Crippen LogP contribution in [0.4, 0.5) is 0 Å². The van der Waals surface area contributed by atoms with Crippen LogP contribution in [0.1, 0.15) is 52.9 Å². The molecule has 2 aliphatic rings. The summed E-state index contributed by atoms with van der Waals surface area (Å²) in [5.41, 5.74) is 0.0977. The Kier molecular flexibility index (Phi) is 3.33. The molecule has 94 valence electrons. The van der Waals surface area contributed by atoms with Gasteiger partial charge in [0.1, 0.15) is 0 Å². The van der Waals surface area contributed by atoms with E-state index in [2.05, 4.69) is 32.7 Å². The lowest BCUT2D eigenvalue weighted by Gasteiger charge is -2.46. The molecule has 0 aromatic carbocycles. The maximum absolute atomic E-state index is 10.5. The molecule has 3 unspecified atom stereocenters. The summed E-state index contributed by atoms with van der Waals surface area (Å²) in [4.78, 5) is 2.45. The van der Waals surface area contributed by atoms with Gasteiger partial charge in [0.25, 0.3) is 0 Å². The van der Waals surface area contributed by atoms with Crippen LogP contribution in [0.5, 0.6) is 0 Å². The van der Waals surface area contributed by atoms with Crippen LogP contribution >= 0.6 is 0 Å². The number of hydrogen-bond acceptors (Lipinski definition) is 2. The first-order chi connectivity index (χ1) is 7.43. The highest BCUT2D eigenvalue weighted by Gasteiger charge is 2.42. The van der Waals surface area contributed by atoms with E-state index in [1.165, 1.54) is 19.3 Å². The Morgan fingerprint density at radius 2 is 1.88 bits per heavy atom. The van der Waals surface area contributed by atoms with Crippen molar-refractivity contribution in [3.05, 3.63) is 0 Å². The standard InChI is InChI=1S/C14H27NO/c1-10(11-7-8-11)15(4)12-6-5-9-14(2,3)13(12)16/h10-13,16H,5-9H2,1-4H3. The molecule has 3 atom stereocenters. The van der Waals surface area contributed by atoms with E-state index < -0.39 is 0 Å². The van der Waals surface area contributed by atoms with Gasteiger partial charge in [-0.05, 0) is 51.0 Å². The van der Waals surface area contributed by atoms with Crippen molar-refractivity contribution in [1.82, 2.24) is 4.90 Å². The lowest BCUT2D eigenvalue weighted by atomic mass is 9.72. The fraction of sp³-hybridized carbons (Fsp3) is 1.00. The Morgan fingerprint density at radius 3 is 2.44 bits per heavy atom. The Balaban J connectivity index is 2.01. The molecular weight excluding hydrogens is 198 g/mol. The second kappa shape index (κ2) is 4.30. The molecule has 0 spiro atoms. The number of hydrogen-bond donors (Lipinski definition) is 1. The van der Waals surface area contributed by atoms with Gasteiger partial charge in [0.15, 0.2) is 0 Å². The fourth-order valence-electron chi connectivity index (χ4n) is 3.23. The molecule has 0 heterocycles. The highest BCUT2D eigenvalue weighted by atomic mass is 16.3. The second-order valence-electron chi connectivity index (χ2n) is 6.64. The third-order valence-electron chi connectivity index (χ3n) is 4.96. The van der Waals surface area contributed by atoms with Crippen molar-refractivity contribution in [3.63, 3.8) is 0 Å². The lowest BCUT2D eigenvalue weighted by molar-refractivity contribution is -0.0613. The molecule has 0 aromatic heterocycles. The average Bonchev–Trinajstić information content (AvgIpc) is 3.03. The molecule has 0 saturated heterocycles. The van der Waals surface area contributed by atoms with Gasteiger partial charge in [-0.2, -0.15) is 0 Å². The fourth-order valence-corrected chi connectivity index (χ4v) is 3.23. The second-order valence-corrected chi connectivity index (χ2v) is 6.64. The summed E-state index contributed by atoms with van der Waals surface area (Å²) in [7, 11) is 2.21. The third-order valence-corrected chi connectivity index (χ3v) is 4.96. The normalized spacial score (nSPS) is 36.4. The summed E-state index contributed by atoms with van der Waals surface area (Å²) >= 11 is 0. The monoisotopic (exact) mass is 225 g/mol. The number of rotatable bonds is 3. The Bertz CT molecular complexity index is 247. The van der Waals surface area contributed by atoms with Gasteiger partial charge < -0.3 is 5.11 Å². The molecule has 0 aromatic rings. The molecule has 2 aliphatic carbocycles. The van der Waals surface area contributed by atoms with Gasteiger partial charge >= 0.3 is 0 Å². The molecule has 0 radical (unpaired) electrons. The van der Waals surface area contributed by atoms with E-state index >= 15 is 0 Å². The first-order valence-electron chi connectivity index (χ1n) is 6.83. The number of aliphatic hydroxyl groups excluding tert-OH is 1. The van der Waals surface area contributed by atoms with Crippen LogP contribution in [0, 0.1) is 11.3 Å². The van der Waals surface area contributed by atoms with Crippen molar-refractivity contribution in [1.29, 1.82) is 0 Å². The highest BCUT2D eigenvalue weighted by molar-refractivity contribution is 4.96. The van der Waals surface area contributed by atoms with Gasteiger partial charge in [-0.3, -0.25) is 4.90 Å². The van der Waals surface area contributed by atoms with E-state index in [9.17, 15) is 5.11 Å². The SMILES string of the molecule is CC(C1CC1)N(C)C1CCCC(C)(C)C1O. The van der Waals surface area contributed by atoms with Crippen LogP contribution in [-0.2, 0) is 0 Å². The third kappa shape index (κ3) is 2.28. The summed E-state index contributed by atoms with van der Waals surface area (Å²) in [5.74, 6) is 0.891. The van der Waals surface area contributed by atoms with Crippen LogP contribution in [0.25, 0.3) is 0 Å². The largest absolute Gasteiger partial charge is 0.391 e. The molecular formula is C14H27NO. The molecule has 1 N–H and O–H groups in total. The Hall–Kier alpha value is -0.0800. The maximum atomic E-state index is 10.5. The van der Waals surface area contributed by atoms with Crippen molar-refractivity contribution in [3.8, 4) is 0 Å². The first-order valence-corrected chi connectivity index (χ1v) is 6.83. The van der Waals surface area contributed by atoms with E-state index in [-0.39, 0.29) is 11.5 Å². The Morgan fingerprint density at radius 1 is 1.25 bits per heavy atom. The van der Waals surface area contributed by atoms with E-state index in [1.54, 1.807) is 0 Å². The smallest absolute Gasteiger partial charge is 0.0746 e. The lowest BCUT2D eigenvalue weighted by Crippen LogP contribution is -2.53. The van der Waals surface area contributed by atoms with E-state index in [1.807, 2.05) is 0 Å². The van der Waals surface area contributed by atoms with Crippen molar-refractivity contribution in [2.45, 2.75) is 71.1 Å². The minimum absolute atomic E-state index is 0.0977. The zero-order chi connectivity index (χ0) is 11.9. The number of aliphatic hydroxyl groups is 1. The van der Waals surface area contributed by atoms with Crippen molar-refractivity contribution in [2.24, 2.45) is 11.3 Å². The molecule has 0 amide bonds. The number of likely N-dealkylation sites (N-methyl/N-ethyl adjacent to an activating group) is 1. The van der Waals surface area contributed by atoms with Crippen molar-refractivity contribution < 1.29 is 5.11 Å². The average molecular weight is 225 g/mol. The molecule has 0 bridgehead atoms. The summed E-state index contributed by atoms with van der Waals surface area (Å²) in [6.45, 7) is 6.74. The number of nitrogens with zero attached hydrogens (tertiary/aromatic N) is 1. The van der Waals surface area contributed by atoms with Gasteiger partial charge in [0.05, 0.1) is 6.10 Å². The first kappa shape index (κ1) is 12.4. The minimum atomic E-state index is -0.160. The zero-order valence-electron chi connectivity index (χ0n) is 11.2. The summed E-state index contributed by atoms with van der Waals surface area (Å²) in [6, 6.07) is 1.02. The molecule has 2 saturated carbocycles. The summed E-state index contributed by atoms with van der Waals surface area (Å²) < 4.78 is 0. The maximum Gasteiger partial charge on any atom is 0.0746 e. The van der Waals surface area contributed by atoms with Gasteiger partial charge in [0.2, 0.25) is 0 Å². The van der Waals surface area contributed by atoms with Gasteiger partial charge in [0, 0.05) is 12.1 Å². The van der Waals surface area contributed by atoms with Gasteiger partial charge in [-0.1, -0.05) is 20.3 Å². The van der Waals surface area contributed by atoms with Crippen LogP contribution in [0.2, 0.25) is 0 Å². The Labute approximate surface area is 100 Å². The topological polar surface area (TPSA) is 23.5 Å². The molecule has 16 heavy (non-hydrogen) atoms. The summed E-state index contributed by atoms with van der Waals surface area (Å²) in [5, 5.41) is 10.5. The quantitative estimate of drug-likeness (QED) is 0.798. The van der Waals surface area contributed by atoms with E-state index in [0.29, 0.717) is 12.1 Å². The van der Waals surface area contributed by atoms with Crippen LogP contribution in [0.15, 0.2) is 0 Å². The highest BCUT2D eigenvalue weighted by Crippen LogP contribution is 2.41. The minimum Gasteiger partial charge on any atom is -0.391 e. The van der Waals surface area contributed by atoms with Crippen LogP contribution in [-0.4, -0.2) is 35.2 Å². The van der Waals surface area contributed by atoms with Gasteiger partial charge in [-0.15, -0.1) is 0 Å². The van der Waals surface area contributed by atoms with Gasteiger partial charge in [-0.25, -0.2) is 0 Å². The zero-order valence-corrected chi connectivity index (χ0v) is 11.2. The van der Waals surface area contributed by atoms with Crippen LogP contribution in [0.3, 0.4) is 0 Å². The predicted molar refractivity (Wildman–Crippen MR) is 67.4 cm³/mol. The van der Waals surface area contributed by atoms with E-state index in [0.717, 1.165) is 18.8 Å². The summed E-state index contributed by atoms with van der Waals surface area (Å²) in [6.07, 6.45) is 6.20. The molecule has 2 fully saturated rings. The van der Waals surface area contributed by atoms with E-state index in [4.69, 9.17) is 0 Å². The molecule has 2 nitrogen and oxygen atoms in total. The predicted octanol–water partition coefficient (Wildman–Crippen LogP) is 2.66.